The van der Waals surface area contributed by atoms with Crippen LogP contribution in [0.25, 0.3) is 0 Å². The van der Waals surface area contributed by atoms with E-state index in [0.29, 0.717) is 18.7 Å². The van der Waals surface area contributed by atoms with E-state index < -0.39 is 35.1 Å². The van der Waals surface area contributed by atoms with Gasteiger partial charge in [-0.1, -0.05) is 12.1 Å². The van der Waals surface area contributed by atoms with Crippen molar-refractivity contribution in [2.75, 3.05) is 5.32 Å². The molecule has 152 valence electrons. The van der Waals surface area contributed by atoms with E-state index in [9.17, 15) is 31.1 Å². The topological polar surface area (TPSA) is 59.8 Å². The third-order valence-electron chi connectivity index (χ3n) is 3.87. The maximum atomic E-state index is 12.9. The Morgan fingerprint density at radius 1 is 0.931 bits per heavy atom. The van der Waals surface area contributed by atoms with Gasteiger partial charge >= 0.3 is 12.4 Å². The molecule has 29 heavy (non-hydrogen) atoms. The number of benzene rings is 2. The van der Waals surface area contributed by atoms with Crippen LogP contribution < -0.4 is 5.32 Å². The first-order valence-electron chi connectivity index (χ1n) is 8.04. The third kappa shape index (κ3) is 5.12. The maximum Gasteiger partial charge on any atom is 0.416 e. The van der Waals surface area contributed by atoms with Crippen LogP contribution in [0.4, 0.5) is 32.0 Å². The average molecular weight is 414 g/mol. The highest BCUT2D eigenvalue weighted by molar-refractivity contribution is 6.04. The monoisotopic (exact) mass is 414 g/mol. The van der Waals surface area contributed by atoms with Crippen molar-refractivity contribution in [2.45, 2.75) is 18.9 Å². The van der Waals surface area contributed by atoms with Gasteiger partial charge in [-0.25, -0.2) is 9.67 Å². The predicted octanol–water partition coefficient (Wildman–Crippen LogP) is 4.62. The number of carbonyl (C=O) groups excluding carboxylic acids is 1. The molecule has 0 atom stereocenters. The van der Waals surface area contributed by atoms with Gasteiger partial charge in [0.05, 0.1) is 17.7 Å². The van der Waals surface area contributed by atoms with E-state index in [1.165, 1.54) is 29.5 Å². The van der Waals surface area contributed by atoms with Gasteiger partial charge in [0.2, 0.25) is 0 Å². The van der Waals surface area contributed by atoms with E-state index in [1.54, 1.807) is 12.1 Å². The number of carbonyl (C=O) groups is 1. The lowest BCUT2D eigenvalue weighted by Crippen LogP contribution is -2.16. The normalized spacial score (nSPS) is 12.1. The highest BCUT2D eigenvalue weighted by Crippen LogP contribution is 2.37. The van der Waals surface area contributed by atoms with Crippen LogP contribution in [0.5, 0.6) is 0 Å². The van der Waals surface area contributed by atoms with E-state index in [-0.39, 0.29) is 11.6 Å². The molecule has 0 saturated carbocycles. The summed E-state index contributed by atoms with van der Waals surface area (Å²) in [6.07, 6.45) is -7.15. The van der Waals surface area contributed by atoms with Gasteiger partial charge in [0, 0.05) is 11.3 Å². The van der Waals surface area contributed by atoms with E-state index in [1.807, 2.05) is 0 Å². The van der Waals surface area contributed by atoms with E-state index >= 15 is 0 Å². The average Bonchev–Trinajstić information content (AvgIpc) is 3.13. The highest BCUT2D eigenvalue weighted by Gasteiger charge is 2.37. The fourth-order valence-corrected chi connectivity index (χ4v) is 2.49. The molecule has 11 heteroatoms. The fraction of sp³-hybridized carbons (Fsp3) is 0.167. The van der Waals surface area contributed by atoms with Crippen molar-refractivity contribution >= 4 is 11.6 Å². The van der Waals surface area contributed by atoms with Crippen molar-refractivity contribution < 1.29 is 31.1 Å². The number of hydrogen-bond acceptors (Lipinski definition) is 3. The summed E-state index contributed by atoms with van der Waals surface area (Å²) >= 11 is 0. The largest absolute Gasteiger partial charge is 0.416 e. The molecular weight excluding hydrogens is 402 g/mol. The van der Waals surface area contributed by atoms with E-state index in [0.717, 1.165) is 5.56 Å². The maximum absolute atomic E-state index is 12.9. The van der Waals surface area contributed by atoms with Crippen LogP contribution in [-0.4, -0.2) is 20.7 Å². The molecule has 0 bridgehead atoms. The quantitative estimate of drug-likeness (QED) is 0.634. The zero-order valence-electron chi connectivity index (χ0n) is 14.4. The molecule has 3 rings (SSSR count). The van der Waals surface area contributed by atoms with Gasteiger partial charge in [0.25, 0.3) is 5.91 Å². The van der Waals surface area contributed by atoms with Crippen molar-refractivity contribution in [2.24, 2.45) is 0 Å². The molecule has 0 aliphatic carbocycles. The van der Waals surface area contributed by atoms with E-state index in [2.05, 4.69) is 15.4 Å². The Kier molecular flexibility index (Phi) is 5.31. The van der Waals surface area contributed by atoms with Crippen molar-refractivity contribution in [3.63, 3.8) is 0 Å². The minimum Gasteiger partial charge on any atom is -0.322 e. The Bertz CT molecular complexity index is 962. The van der Waals surface area contributed by atoms with Gasteiger partial charge in [-0.15, -0.1) is 0 Å². The summed E-state index contributed by atoms with van der Waals surface area (Å²) in [5, 5.41) is 6.01. The minimum absolute atomic E-state index is 0.00537. The number of hydrogen-bond donors (Lipinski definition) is 1. The highest BCUT2D eigenvalue weighted by atomic mass is 19.4. The number of nitrogens with zero attached hydrogens (tertiary/aromatic N) is 3. The Morgan fingerprint density at radius 2 is 1.52 bits per heavy atom. The van der Waals surface area contributed by atoms with Gasteiger partial charge < -0.3 is 5.32 Å². The molecule has 0 fully saturated rings. The number of nitrogens with one attached hydrogen (secondary N) is 1. The molecule has 0 spiro atoms. The van der Waals surface area contributed by atoms with Gasteiger partial charge in [0.15, 0.2) is 0 Å². The fourth-order valence-electron chi connectivity index (χ4n) is 2.49. The Balaban J connectivity index is 1.80. The summed E-state index contributed by atoms with van der Waals surface area (Å²) in [6.45, 7) is 0.379. The first-order chi connectivity index (χ1) is 13.5. The summed E-state index contributed by atoms with van der Waals surface area (Å²) in [7, 11) is 0. The predicted molar refractivity (Wildman–Crippen MR) is 90.0 cm³/mol. The van der Waals surface area contributed by atoms with Crippen LogP contribution in [0.3, 0.4) is 0 Å². The molecule has 0 unspecified atom stereocenters. The second-order valence-corrected chi connectivity index (χ2v) is 6.04. The van der Waals surface area contributed by atoms with Crippen molar-refractivity contribution in [1.29, 1.82) is 0 Å². The molecular formula is C18H12F6N4O. The second-order valence-electron chi connectivity index (χ2n) is 6.04. The Labute approximate surface area is 160 Å². The molecule has 1 aromatic heterocycles. The van der Waals surface area contributed by atoms with Gasteiger partial charge in [-0.05, 0) is 35.9 Å². The lowest BCUT2D eigenvalue weighted by atomic mass is 10.1. The van der Waals surface area contributed by atoms with Gasteiger partial charge in [-0.3, -0.25) is 4.79 Å². The lowest BCUT2D eigenvalue weighted by Gasteiger charge is -2.15. The van der Waals surface area contributed by atoms with Crippen molar-refractivity contribution in [1.82, 2.24) is 14.8 Å². The summed E-state index contributed by atoms with van der Waals surface area (Å²) in [5.41, 5.74) is -2.79. The number of alkyl halides is 6. The summed E-state index contributed by atoms with van der Waals surface area (Å²) < 4.78 is 79.0. The smallest absolute Gasteiger partial charge is 0.322 e. The number of aromatic nitrogens is 3. The zero-order chi connectivity index (χ0) is 21.2. The molecule has 0 aliphatic heterocycles. The molecule has 1 N–H and O–H groups in total. The minimum atomic E-state index is -5.00. The summed E-state index contributed by atoms with van der Waals surface area (Å²) in [6, 6.07) is 6.88. The standard InChI is InChI=1S/C18H12F6N4O/c19-17(20,21)13-5-14(18(22,23)24)7-15(6-13)27-16(29)12-3-1-11(2-4-12)8-28-10-25-9-26-28/h1-7,9-10H,8H2,(H,27,29). The number of anilines is 1. The van der Waals surface area contributed by atoms with E-state index in [4.69, 9.17) is 0 Å². The molecule has 5 nitrogen and oxygen atoms in total. The first-order valence-corrected chi connectivity index (χ1v) is 8.04. The lowest BCUT2D eigenvalue weighted by molar-refractivity contribution is -0.143. The third-order valence-corrected chi connectivity index (χ3v) is 3.87. The summed E-state index contributed by atoms with van der Waals surface area (Å²) in [4.78, 5) is 16.1. The van der Waals surface area contributed by atoms with Crippen LogP contribution in [0.2, 0.25) is 0 Å². The van der Waals surface area contributed by atoms with Crippen LogP contribution in [0.1, 0.15) is 27.0 Å². The van der Waals surface area contributed by atoms with Crippen molar-refractivity contribution in [3.05, 3.63) is 77.4 Å². The molecule has 1 amide bonds. The summed E-state index contributed by atoms with van der Waals surface area (Å²) in [5.74, 6) is -0.843. The molecule has 0 saturated heterocycles. The van der Waals surface area contributed by atoms with Crippen LogP contribution in [0.15, 0.2) is 55.1 Å². The van der Waals surface area contributed by atoms with Crippen molar-refractivity contribution in [3.8, 4) is 0 Å². The Hall–Kier alpha value is -3.37. The Morgan fingerprint density at radius 3 is 2.00 bits per heavy atom. The SMILES string of the molecule is O=C(Nc1cc(C(F)(F)F)cc(C(F)(F)F)c1)c1ccc(Cn2cncn2)cc1. The van der Waals surface area contributed by atoms with Crippen LogP contribution in [-0.2, 0) is 18.9 Å². The van der Waals surface area contributed by atoms with Gasteiger partial charge in [-0.2, -0.15) is 31.4 Å². The second kappa shape index (κ2) is 7.57. The van der Waals surface area contributed by atoms with Crippen LogP contribution >= 0.6 is 0 Å². The molecule has 3 aromatic rings. The molecule has 1 heterocycles. The number of halogens is 6. The number of amides is 1. The zero-order valence-corrected chi connectivity index (χ0v) is 14.4. The number of rotatable bonds is 4. The molecule has 0 aliphatic rings. The first kappa shape index (κ1) is 20.4. The molecule has 2 aromatic carbocycles. The molecule has 0 radical (unpaired) electrons. The van der Waals surface area contributed by atoms with Gasteiger partial charge in [0.1, 0.15) is 12.7 Å². The van der Waals surface area contributed by atoms with Crippen LogP contribution in [0, 0.1) is 0 Å².